The van der Waals surface area contributed by atoms with Crippen LogP contribution in [0.25, 0.3) is 0 Å². The van der Waals surface area contributed by atoms with Gasteiger partial charge in [-0.15, -0.1) is 0 Å². The Morgan fingerprint density at radius 2 is 1.95 bits per heavy atom. The fourth-order valence-electron chi connectivity index (χ4n) is 3.02. The van der Waals surface area contributed by atoms with Gasteiger partial charge in [-0.2, -0.15) is 0 Å². The Morgan fingerprint density at radius 3 is 2.52 bits per heavy atom. The molecule has 1 aliphatic heterocycles. The molecule has 114 valence electrons. The summed E-state index contributed by atoms with van der Waals surface area (Å²) in [4.78, 5) is 21.1. The van der Waals surface area contributed by atoms with Crippen LogP contribution in [-0.4, -0.2) is 55.2 Å². The number of rotatable bonds is 3. The summed E-state index contributed by atoms with van der Waals surface area (Å²) in [6, 6.07) is 4.14. The molecule has 1 aromatic heterocycles. The first-order valence-corrected chi connectivity index (χ1v) is 7.66. The molecule has 1 amide bonds. The van der Waals surface area contributed by atoms with Crippen LogP contribution in [-0.2, 0) is 9.53 Å². The predicted molar refractivity (Wildman–Crippen MR) is 81.3 cm³/mol. The lowest BCUT2D eigenvalue weighted by molar-refractivity contribution is -0.143. The van der Waals surface area contributed by atoms with E-state index in [9.17, 15) is 4.79 Å². The maximum atomic E-state index is 12.4. The Hall–Kier alpha value is -1.62. The summed E-state index contributed by atoms with van der Waals surface area (Å²) in [7, 11) is 1.72. The molecule has 0 unspecified atom stereocenters. The number of carbonyl (C=O) groups excluding carboxylic acids is 1. The number of hydrogen-bond donors (Lipinski definition) is 0. The molecule has 3 rings (SSSR count). The van der Waals surface area contributed by atoms with Crippen molar-refractivity contribution in [3.05, 3.63) is 23.9 Å². The molecule has 1 saturated heterocycles. The van der Waals surface area contributed by atoms with Crippen molar-refractivity contribution < 1.29 is 9.53 Å². The highest BCUT2D eigenvalue weighted by molar-refractivity contribution is 5.80. The molecule has 1 aromatic rings. The average molecular weight is 289 g/mol. The van der Waals surface area contributed by atoms with E-state index in [2.05, 4.69) is 22.0 Å². The van der Waals surface area contributed by atoms with Gasteiger partial charge >= 0.3 is 0 Å². The number of carbonyl (C=O) groups is 1. The molecule has 0 spiro atoms. The van der Waals surface area contributed by atoms with Gasteiger partial charge in [0.05, 0.1) is 6.10 Å². The van der Waals surface area contributed by atoms with Crippen LogP contribution >= 0.6 is 0 Å². The lowest BCUT2D eigenvalue weighted by atomic mass is 9.81. The maximum absolute atomic E-state index is 12.4. The van der Waals surface area contributed by atoms with E-state index in [0.29, 0.717) is 5.91 Å². The van der Waals surface area contributed by atoms with E-state index in [0.717, 1.165) is 44.8 Å². The van der Waals surface area contributed by atoms with Crippen molar-refractivity contribution in [2.24, 2.45) is 5.92 Å². The molecule has 0 aromatic carbocycles. The van der Waals surface area contributed by atoms with Crippen LogP contribution < -0.4 is 4.90 Å². The summed E-state index contributed by atoms with van der Waals surface area (Å²) in [6.07, 6.45) is 3.95. The van der Waals surface area contributed by atoms with Gasteiger partial charge in [-0.05, 0) is 31.4 Å². The lowest BCUT2D eigenvalue weighted by Gasteiger charge is -2.40. The molecule has 21 heavy (non-hydrogen) atoms. The minimum absolute atomic E-state index is 0.180. The van der Waals surface area contributed by atoms with E-state index in [1.807, 2.05) is 18.0 Å². The van der Waals surface area contributed by atoms with Gasteiger partial charge in [0.25, 0.3) is 0 Å². The number of pyridine rings is 1. The highest BCUT2D eigenvalue weighted by Crippen LogP contribution is 2.31. The van der Waals surface area contributed by atoms with Gasteiger partial charge in [-0.25, -0.2) is 4.98 Å². The van der Waals surface area contributed by atoms with Gasteiger partial charge in [0.1, 0.15) is 5.82 Å². The van der Waals surface area contributed by atoms with Crippen LogP contribution in [0.4, 0.5) is 5.82 Å². The van der Waals surface area contributed by atoms with E-state index in [1.165, 1.54) is 5.56 Å². The Bertz CT molecular complexity index is 489. The molecule has 0 atom stereocenters. The monoisotopic (exact) mass is 289 g/mol. The normalized spacial score (nSPS) is 25.6. The summed E-state index contributed by atoms with van der Waals surface area (Å²) < 4.78 is 5.25. The van der Waals surface area contributed by atoms with Crippen LogP contribution in [0.1, 0.15) is 18.4 Å². The van der Waals surface area contributed by atoms with Crippen molar-refractivity contribution in [2.45, 2.75) is 25.9 Å². The molecule has 1 aliphatic carbocycles. The van der Waals surface area contributed by atoms with E-state index in [1.54, 1.807) is 7.11 Å². The number of aryl methyl sites for hydroxylation is 1. The minimum atomic E-state index is 0.180. The molecule has 2 heterocycles. The number of piperazine rings is 1. The molecule has 0 N–H and O–H groups in total. The van der Waals surface area contributed by atoms with Crippen molar-refractivity contribution in [2.75, 3.05) is 38.2 Å². The standard InChI is InChI=1S/C16H23N3O2/c1-12-3-4-15(17-11-12)18-5-7-19(8-6-18)16(20)13-9-14(10-13)21-2/h3-4,11,13-14H,5-10H2,1-2H3. The lowest BCUT2D eigenvalue weighted by Crippen LogP contribution is -2.52. The molecule has 1 saturated carbocycles. The quantitative estimate of drug-likeness (QED) is 0.845. The van der Waals surface area contributed by atoms with E-state index in [4.69, 9.17) is 4.74 Å². The Balaban J connectivity index is 1.51. The first kappa shape index (κ1) is 14.3. The Labute approximate surface area is 125 Å². The average Bonchev–Trinajstić information content (AvgIpc) is 2.47. The summed E-state index contributed by atoms with van der Waals surface area (Å²) in [5, 5.41) is 0. The third kappa shape index (κ3) is 3.02. The second kappa shape index (κ2) is 6.02. The summed E-state index contributed by atoms with van der Waals surface area (Å²) in [6.45, 7) is 5.36. The van der Waals surface area contributed by atoms with Gasteiger partial charge < -0.3 is 14.5 Å². The highest BCUT2D eigenvalue weighted by Gasteiger charge is 2.37. The van der Waals surface area contributed by atoms with E-state index < -0.39 is 0 Å². The van der Waals surface area contributed by atoms with Crippen molar-refractivity contribution in [1.82, 2.24) is 9.88 Å². The SMILES string of the molecule is COC1CC(C(=O)N2CCN(c3ccc(C)cn3)CC2)C1. The zero-order chi connectivity index (χ0) is 14.8. The van der Waals surface area contributed by atoms with Gasteiger partial charge in [-0.3, -0.25) is 4.79 Å². The number of hydrogen-bond acceptors (Lipinski definition) is 4. The van der Waals surface area contributed by atoms with Crippen LogP contribution in [0, 0.1) is 12.8 Å². The van der Waals surface area contributed by atoms with Gasteiger partial charge in [0.2, 0.25) is 5.91 Å². The number of nitrogens with zero attached hydrogens (tertiary/aromatic N) is 3. The second-order valence-corrected chi connectivity index (χ2v) is 6.03. The van der Waals surface area contributed by atoms with Gasteiger partial charge in [0, 0.05) is 45.4 Å². The highest BCUT2D eigenvalue weighted by atomic mass is 16.5. The maximum Gasteiger partial charge on any atom is 0.226 e. The van der Waals surface area contributed by atoms with Gasteiger partial charge in [0.15, 0.2) is 0 Å². The third-order valence-electron chi connectivity index (χ3n) is 4.59. The molecule has 5 nitrogen and oxygen atoms in total. The smallest absolute Gasteiger partial charge is 0.226 e. The molecule has 0 radical (unpaired) electrons. The minimum Gasteiger partial charge on any atom is -0.381 e. The van der Waals surface area contributed by atoms with Crippen LogP contribution in [0.3, 0.4) is 0 Å². The van der Waals surface area contributed by atoms with Crippen molar-refractivity contribution in [3.63, 3.8) is 0 Å². The predicted octanol–water partition coefficient (Wildman–Crippen LogP) is 1.46. The Kier molecular flexibility index (Phi) is 4.10. The number of aromatic nitrogens is 1. The second-order valence-electron chi connectivity index (χ2n) is 6.03. The molecule has 5 heteroatoms. The van der Waals surface area contributed by atoms with E-state index in [-0.39, 0.29) is 12.0 Å². The number of methoxy groups -OCH3 is 1. The van der Waals surface area contributed by atoms with Crippen molar-refractivity contribution in [1.29, 1.82) is 0 Å². The number of anilines is 1. The molecular formula is C16H23N3O2. The fraction of sp³-hybridized carbons (Fsp3) is 0.625. The van der Waals surface area contributed by atoms with E-state index >= 15 is 0 Å². The fourth-order valence-corrected chi connectivity index (χ4v) is 3.02. The first-order chi connectivity index (χ1) is 10.2. The van der Waals surface area contributed by atoms with Crippen LogP contribution in [0.2, 0.25) is 0 Å². The van der Waals surface area contributed by atoms with Gasteiger partial charge in [-0.1, -0.05) is 6.07 Å². The largest absolute Gasteiger partial charge is 0.381 e. The molecule has 2 fully saturated rings. The molecular weight excluding hydrogens is 266 g/mol. The summed E-state index contributed by atoms with van der Waals surface area (Å²) in [5.74, 6) is 1.50. The zero-order valence-corrected chi connectivity index (χ0v) is 12.8. The number of ether oxygens (including phenoxy) is 1. The number of amides is 1. The topological polar surface area (TPSA) is 45.7 Å². The summed E-state index contributed by atoms with van der Waals surface area (Å²) >= 11 is 0. The zero-order valence-electron chi connectivity index (χ0n) is 12.8. The van der Waals surface area contributed by atoms with Crippen LogP contribution in [0.15, 0.2) is 18.3 Å². The molecule has 0 bridgehead atoms. The van der Waals surface area contributed by atoms with Crippen LogP contribution in [0.5, 0.6) is 0 Å². The summed E-state index contributed by atoms with van der Waals surface area (Å²) in [5.41, 5.74) is 1.17. The Morgan fingerprint density at radius 1 is 1.24 bits per heavy atom. The molecule has 2 aliphatic rings. The third-order valence-corrected chi connectivity index (χ3v) is 4.59. The van der Waals surface area contributed by atoms with Crippen molar-refractivity contribution in [3.8, 4) is 0 Å². The van der Waals surface area contributed by atoms with Crippen molar-refractivity contribution >= 4 is 11.7 Å². The first-order valence-electron chi connectivity index (χ1n) is 7.66.